The Labute approximate surface area is 128 Å². The van der Waals surface area contributed by atoms with Crippen LogP contribution in [-0.4, -0.2) is 25.2 Å². The lowest BCUT2D eigenvalue weighted by atomic mass is 9.86. The summed E-state index contributed by atoms with van der Waals surface area (Å²) in [5.41, 5.74) is 2.47. The van der Waals surface area contributed by atoms with Crippen molar-refractivity contribution in [1.82, 2.24) is 0 Å². The lowest BCUT2D eigenvalue weighted by Crippen LogP contribution is -2.21. The molecule has 0 spiro atoms. The Morgan fingerprint density at radius 2 is 1.62 bits per heavy atom. The molecule has 0 aromatic heterocycles. The Hall–Kier alpha value is -0.670. The summed E-state index contributed by atoms with van der Waals surface area (Å²) in [7, 11) is -0.866. The highest BCUT2D eigenvalue weighted by Crippen LogP contribution is 2.53. The monoisotopic (exact) mass is 314 g/mol. The van der Waals surface area contributed by atoms with Crippen molar-refractivity contribution >= 4 is 7.60 Å². The smallest absolute Gasteiger partial charge is 0.358 e. The van der Waals surface area contributed by atoms with Gasteiger partial charge in [0.05, 0.1) is 0 Å². The molecule has 1 unspecified atom stereocenters. The first-order valence-electron chi connectivity index (χ1n) is 7.12. The van der Waals surface area contributed by atoms with E-state index < -0.39 is 13.4 Å². The standard InChI is InChI=1S/C16H27O4P/c1-12(15(17)21(18,19-5)20-6)11-13-7-9-14(10-8-13)16(2,3)4/h7-10,12,15,17H,11H2,1-6H3/t12?,15-/m1/s1. The van der Waals surface area contributed by atoms with Crippen LogP contribution in [0.1, 0.15) is 38.8 Å². The Morgan fingerprint density at radius 1 is 1.14 bits per heavy atom. The van der Waals surface area contributed by atoms with Crippen LogP contribution in [0.25, 0.3) is 0 Å². The average molecular weight is 314 g/mol. The Bertz CT molecular complexity index is 482. The molecule has 0 heterocycles. The van der Waals surface area contributed by atoms with Gasteiger partial charge in [0.1, 0.15) is 0 Å². The van der Waals surface area contributed by atoms with Crippen molar-refractivity contribution in [1.29, 1.82) is 0 Å². The van der Waals surface area contributed by atoms with Crippen LogP contribution in [0.5, 0.6) is 0 Å². The Morgan fingerprint density at radius 3 is 2.00 bits per heavy atom. The fraction of sp³-hybridized carbons (Fsp3) is 0.625. The van der Waals surface area contributed by atoms with Gasteiger partial charge in [0.2, 0.25) is 0 Å². The molecule has 1 N–H and O–H groups in total. The molecular weight excluding hydrogens is 287 g/mol. The van der Waals surface area contributed by atoms with E-state index in [-0.39, 0.29) is 11.3 Å². The minimum absolute atomic E-state index is 0.117. The average Bonchev–Trinajstić information content (AvgIpc) is 2.45. The summed E-state index contributed by atoms with van der Waals surface area (Å²) in [6.45, 7) is 8.35. The van der Waals surface area contributed by atoms with Gasteiger partial charge in [0, 0.05) is 14.2 Å². The summed E-state index contributed by atoms with van der Waals surface area (Å²) in [4.78, 5) is 0. The molecule has 21 heavy (non-hydrogen) atoms. The van der Waals surface area contributed by atoms with E-state index in [1.807, 2.05) is 19.1 Å². The van der Waals surface area contributed by atoms with Gasteiger partial charge in [-0.1, -0.05) is 52.0 Å². The van der Waals surface area contributed by atoms with E-state index in [9.17, 15) is 9.67 Å². The molecule has 2 atom stereocenters. The maximum atomic E-state index is 12.2. The fourth-order valence-electron chi connectivity index (χ4n) is 2.22. The summed E-state index contributed by atoms with van der Waals surface area (Å²) in [5, 5.41) is 10.2. The van der Waals surface area contributed by atoms with E-state index >= 15 is 0 Å². The van der Waals surface area contributed by atoms with Gasteiger partial charge in [-0.3, -0.25) is 4.57 Å². The van der Waals surface area contributed by atoms with Crippen molar-refractivity contribution in [2.24, 2.45) is 5.92 Å². The van der Waals surface area contributed by atoms with Gasteiger partial charge in [0.15, 0.2) is 5.85 Å². The summed E-state index contributed by atoms with van der Waals surface area (Å²) >= 11 is 0. The van der Waals surface area contributed by atoms with Gasteiger partial charge >= 0.3 is 7.60 Å². The highest BCUT2D eigenvalue weighted by molar-refractivity contribution is 7.54. The Kier molecular flexibility index (Phi) is 6.18. The number of benzene rings is 1. The SMILES string of the molecule is COP(=O)(OC)[C@@H](O)C(C)Cc1ccc(C(C)(C)C)cc1. The van der Waals surface area contributed by atoms with Crippen LogP contribution >= 0.6 is 7.60 Å². The molecule has 5 heteroatoms. The van der Waals surface area contributed by atoms with E-state index in [4.69, 9.17) is 9.05 Å². The lowest BCUT2D eigenvalue weighted by Gasteiger charge is -2.25. The normalized spacial score (nSPS) is 15.8. The topological polar surface area (TPSA) is 55.8 Å². The molecule has 0 radical (unpaired) electrons. The van der Waals surface area contributed by atoms with E-state index in [2.05, 4.69) is 32.9 Å². The largest absolute Gasteiger partial charge is 0.380 e. The zero-order valence-corrected chi connectivity index (χ0v) is 14.7. The maximum absolute atomic E-state index is 12.2. The first-order valence-corrected chi connectivity index (χ1v) is 8.74. The van der Waals surface area contributed by atoms with Crippen LogP contribution in [0.15, 0.2) is 24.3 Å². The second kappa shape index (κ2) is 7.06. The molecule has 0 aliphatic rings. The molecular formula is C16H27O4P. The quantitative estimate of drug-likeness (QED) is 0.807. The second-order valence-electron chi connectivity index (χ2n) is 6.45. The molecule has 0 aliphatic carbocycles. The van der Waals surface area contributed by atoms with Crippen molar-refractivity contribution < 1.29 is 18.7 Å². The van der Waals surface area contributed by atoms with Crippen LogP contribution in [0, 0.1) is 5.92 Å². The van der Waals surface area contributed by atoms with E-state index in [1.165, 1.54) is 19.8 Å². The summed E-state index contributed by atoms with van der Waals surface area (Å²) in [5.74, 6) is -1.36. The van der Waals surface area contributed by atoms with Crippen molar-refractivity contribution in [2.45, 2.75) is 45.4 Å². The Balaban J connectivity index is 2.80. The van der Waals surface area contributed by atoms with Crippen molar-refractivity contribution in [2.75, 3.05) is 14.2 Å². The van der Waals surface area contributed by atoms with Gasteiger partial charge in [-0.15, -0.1) is 0 Å². The molecule has 0 fully saturated rings. The van der Waals surface area contributed by atoms with Crippen LogP contribution in [-0.2, 0) is 25.4 Å². The summed E-state index contributed by atoms with van der Waals surface area (Å²) in [6.07, 6.45) is 0.613. The number of hydrogen-bond donors (Lipinski definition) is 1. The van der Waals surface area contributed by atoms with Crippen LogP contribution < -0.4 is 0 Å². The van der Waals surface area contributed by atoms with Crippen molar-refractivity contribution in [3.05, 3.63) is 35.4 Å². The van der Waals surface area contributed by atoms with Gasteiger partial charge < -0.3 is 14.2 Å². The maximum Gasteiger partial charge on any atom is 0.358 e. The zero-order chi connectivity index (χ0) is 16.3. The van der Waals surface area contributed by atoms with E-state index in [0.717, 1.165) is 5.56 Å². The van der Waals surface area contributed by atoms with Crippen LogP contribution in [0.4, 0.5) is 0 Å². The molecule has 0 saturated carbocycles. The molecule has 0 saturated heterocycles. The molecule has 0 bridgehead atoms. The minimum atomic E-state index is -3.45. The minimum Gasteiger partial charge on any atom is -0.380 e. The first kappa shape index (κ1) is 18.4. The zero-order valence-electron chi connectivity index (χ0n) is 13.8. The third kappa shape index (κ3) is 4.65. The molecule has 120 valence electrons. The van der Waals surface area contributed by atoms with Gasteiger partial charge in [0.25, 0.3) is 0 Å². The molecule has 1 rings (SSSR count). The third-order valence-corrected chi connectivity index (χ3v) is 5.89. The van der Waals surface area contributed by atoms with Crippen molar-refractivity contribution in [3.63, 3.8) is 0 Å². The number of aliphatic hydroxyl groups is 1. The predicted octanol–water partition coefficient (Wildman–Crippen LogP) is 3.97. The van der Waals surface area contributed by atoms with Gasteiger partial charge in [-0.25, -0.2) is 0 Å². The van der Waals surface area contributed by atoms with E-state index in [1.54, 1.807) is 0 Å². The van der Waals surface area contributed by atoms with Gasteiger partial charge in [-0.2, -0.15) is 0 Å². The molecule has 1 aromatic carbocycles. The molecule has 1 aromatic rings. The second-order valence-corrected chi connectivity index (χ2v) is 8.79. The summed E-state index contributed by atoms with van der Waals surface area (Å²) < 4.78 is 21.9. The van der Waals surface area contributed by atoms with Crippen LogP contribution in [0.2, 0.25) is 0 Å². The molecule has 4 nitrogen and oxygen atoms in total. The third-order valence-electron chi connectivity index (χ3n) is 3.72. The van der Waals surface area contributed by atoms with Gasteiger partial charge in [-0.05, 0) is 28.9 Å². The van der Waals surface area contributed by atoms with Crippen LogP contribution in [0.3, 0.4) is 0 Å². The lowest BCUT2D eigenvalue weighted by molar-refractivity contribution is 0.135. The number of hydrogen-bond acceptors (Lipinski definition) is 4. The molecule has 0 aliphatic heterocycles. The number of rotatable bonds is 6. The first-order chi connectivity index (χ1) is 9.64. The number of aliphatic hydroxyl groups excluding tert-OH is 1. The summed E-state index contributed by atoms with van der Waals surface area (Å²) in [6, 6.07) is 8.30. The molecule has 0 amide bonds. The fourth-order valence-corrected chi connectivity index (χ4v) is 3.53. The highest BCUT2D eigenvalue weighted by atomic mass is 31.2. The highest BCUT2D eigenvalue weighted by Gasteiger charge is 2.36. The van der Waals surface area contributed by atoms with E-state index in [0.29, 0.717) is 6.42 Å². The predicted molar refractivity (Wildman–Crippen MR) is 85.6 cm³/mol. The van der Waals surface area contributed by atoms with Crippen molar-refractivity contribution in [3.8, 4) is 0 Å².